The molecule has 128 valence electrons. The van der Waals surface area contributed by atoms with Crippen molar-refractivity contribution in [3.63, 3.8) is 0 Å². The highest BCUT2D eigenvalue weighted by Gasteiger charge is 2.46. The molecule has 0 saturated carbocycles. The van der Waals surface area contributed by atoms with Gasteiger partial charge in [-0.2, -0.15) is 13.1 Å². The standard InChI is InChI=1S/C12H23N3O6S/c1-11(2,3)21-10(17)15-7-5-12(6-8-15,9(16)20-4)14-22(13,18)19/h14H,5-8H2,1-4H3,(H2,13,18,19). The number of piperidine rings is 1. The second kappa shape index (κ2) is 6.39. The van der Waals surface area contributed by atoms with Gasteiger partial charge in [-0.05, 0) is 33.6 Å². The molecule has 22 heavy (non-hydrogen) atoms. The smallest absolute Gasteiger partial charge is 0.410 e. The summed E-state index contributed by atoms with van der Waals surface area (Å²) in [5.41, 5.74) is -2.09. The van der Waals surface area contributed by atoms with Crippen LogP contribution in [-0.4, -0.2) is 56.7 Å². The highest BCUT2D eigenvalue weighted by Crippen LogP contribution is 2.25. The van der Waals surface area contributed by atoms with Gasteiger partial charge in [-0.3, -0.25) is 4.79 Å². The number of nitrogens with two attached hydrogens (primary N) is 1. The van der Waals surface area contributed by atoms with Crippen molar-refractivity contribution in [2.75, 3.05) is 20.2 Å². The van der Waals surface area contributed by atoms with E-state index in [4.69, 9.17) is 9.88 Å². The third-order valence-electron chi connectivity index (χ3n) is 3.18. The molecular weight excluding hydrogens is 314 g/mol. The van der Waals surface area contributed by atoms with Crippen LogP contribution in [0.2, 0.25) is 0 Å². The first-order chi connectivity index (χ1) is 9.88. The van der Waals surface area contributed by atoms with Crippen molar-refractivity contribution in [2.24, 2.45) is 5.14 Å². The fraction of sp³-hybridized carbons (Fsp3) is 0.833. The molecule has 1 heterocycles. The fourth-order valence-electron chi connectivity index (χ4n) is 2.21. The first-order valence-electron chi connectivity index (χ1n) is 6.77. The predicted molar refractivity (Wildman–Crippen MR) is 78.0 cm³/mol. The van der Waals surface area contributed by atoms with Gasteiger partial charge in [0.1, 0.15) is 11.1 Å². The van der Waals surface area contributed by atoms with Gasteiger partial charge in [-0.25, -0.2) is 9.93 Å². The van der Waals surface area contributed by atoms with Gasteiger partial charge in [0.25, 0.3) is 10.2 Å². The van der Waals surface area contributed by atoms with Crippen LogP contribution in [0.5, 0.6) is 0 Å². The number of esters is 1. The lowest BCUT2D eigenvalue weighted by Crippen LogP contribution is -2.62. The third-order valence-corrected chi connectivity index (χ3v) is 3.86. The second-order valence-electron chi connectivity index (χ2n) is 6.19. The zero-order chi connectivity index (χ0) is 17.2. The summed E-state index contributed by atoms with van der Waals surface area (Å²) in [7, 11) is -2.93. The van der Waals surface area contributed by atoms with E-state index in [-0.39, 0.29) is 25.9 Å². The summed E-state index contributed by atoms with van der Waals surface area (Å²) in [6, 6.07) is 0. The molecule has 1 fully saturated rings. The minimum atomic E-state index is -4.09. The SMILES string of the molecule is COC(=O)C1(NS(N)(=O)=O)CCN(C(=O)OC(C)(C)C)CC1. The molecule has 3 N–H and O–H groups in total. The average Bonchev–Trinajstić information content (AvgIpc) is 2.34. The van der Waals surface area contributed by atoms with Gasteiger partial charge in [-0.1, -0.05) is 0 Å². The van der Waals surface area contributed by atoms with Crippen molar-refractivity contribution in [2.45, 2.75) is 44.8 Å². The molecule has 1 saturated heterocycles. The van der Waals surface area contributed by atoms with Crippen LogP contribution < -0.4 is 9.86 Å². The van der Waals surface area contributed by atoms with Gasteiger partial charge in [0, 0.05) is 13.1 Å². The lowest BCUT2D eigenvalue weighted by atomic mass is 9.89. The number of carbonyl (C=O) groups excluding carboxylic acids is 2. The maximum atomic E-state index is 12.0. The van der Waals surface area contributed by atoms with Crippen LogP contribution >= 0.6 is 0 Å². The largest absolute Gasteiger partial charge is 0.468 e. The van der Waals surface area contributed by atoms with Crippen molar-refractivity contribution < 1.29 is 27.5 Å². The van der Waals surface area contributed by atoms with Crippen molar-refractivity contribution >= 4 is 22.3 Å². The number of hydrogen-bond acceptors (Lipinski definition) is 6. The topological polar surface area (TPSA) is 128 Å². The van der Waals surface area contributed by atoms with Gasteiger partial charge in [0.2, 0.25) is 0 Å². The summed E-state index contributed by atoms with van der Waals surface area (Å²) in [6.07, 6.45) is -0.411. The zero-order valence-electron chi connectivity index (χ0n) is 13.2. The summed E-state index contributed by atoms with van der Waals surface area (Å²) in [6.45, 7) is 5.53. The highest BCUT2D eigenvalue weighted by molar-refractivity contribution is 7.87. The number of likely N-dealkylation sites (tertiary alicyclic amines) is 1. The molecule has 0 bridgehead atoms. The number of rotatable bonds is 3. The number of amides is 1. The molecule has 0 spiro atoms. The van der Waals surface area contributed by atoms with Crippen molar-refractivity contribution in [1.82, 2.24) is 9.62 Å². The second-order valence-corrected chi connectivity index (χ2v) is 7.48. The Morgan fingerprint density at radius 1 is 1.23 bits per heavy atom. The summed E-state index contributed by atoms with van der Waals surface area (Å²) < 4.78 is 34.6. The average molecular weight is 337 g/mol. The molecule has 0 aromatic carbocycles. The Morgan fingerprint density at radius 3 is 2.09 bits per heavy atom. The number of methoxy groups -OCH3 is 1. The molecule has 1 aliphatic heterocycles. The normalized spacial score (nSPS) is 18.7. The molecule has 10 heteroatoms. The quantitative estimate of drug-likeness (QED) is 0.682. The first-order valence-corrected chi connectivity index (χ1v) is 8.31. The monoisotopic (exact) mass is 337 g/mol. The third kappa shape index (κ3) is 5.11. The van der Waals surface area contributed by atoms with Crippen LogP contribution in [0, 0.1) is 0 Å². The maximum absolute atomic E-state index is 12.0. The van der Waals surface area contributed by atoms with E-state index in [0.717, 1.165) is 7.11 Å². The molecule has 0 atom stereocenters. The Kier molecular flexibility index (Phi) is 5.42. The van der Waals surface area contributed by atoms with E-state index in [9.17, 15) is 18.0 Å². The van der Waals surface area contributed by atoms with Crippen LogP contribution in [0.25, 0.3) is 0 Å². The summed E-state index contributed by atoms with van der Waals surface area (Å²) in [5.74, 6) is -0.731. The van der Waals surface area contributed by atoms with Gasteiger partial charge < -0.3 is 14.4 Å². The Labute approximate surface area is 130 Å². The van der Waals surface area contributed by atoms with Gasteiger partial charge in [-0.15, -0.1) is 0 Å². The summed E-state index contributed by atoms with van der Waals surface area (Å²) >= 11 is 0. The highest BCUT2D eigenvalue weighted by atomic mass is 32.2. The Balaban J connectivity index is 2.81. The number of ether oxygens (including phenoxy) is 2. The minimum Gasteiger partial charge on any atom is -0.468 e. The van der Waals surface area contributed by atoms with E-state index in [1.807, 2.05) is 0 Å². The fourth-order valence-corrected chi connectivity index (χ4v) is 3.05. The van der Waals surface area contributed by atoms with Crippen molar-refractivity contribution in [3.8, 4) is 0 Å². The summed E-state index contributed by atoms with van der Waals surface area (Å²) in [4.78, 5) is 25.3. The molecule has 1 aliphatic rings. The molecule has 1 rings (SSSR count). The maximum Gasteiger partial charge on any atom is 0.410 e. The van der Waals surface area contributed by atoms with E-state index in [1.165, 1.54) is 4.90 Å². The Bertz CT molecular complexity index is 532. The van der Waals surface area contributed by atoms with Crippen LogP contribution in [0.3, 0.4) is 0 Å². The minimum absolute atomic E-state index is 0.0509. The van der Waals surface area contributed by atoms with Crippen molar-refractivity contribution in [1.29, 1.82) is 0 Å². The zero-order valence-corrected chi connectivity index (χ0v) is 14.0. The summed E-state index contributed by atoms with van der Waals surface area (Å²) in [5, 5.41) is 4.97. The van der Waals surface area contributed by atoms with E-state index >= 15 is 0 Å². The van der Waals surface area contributed by atoms with Gasteiger partial charge >= 0.3 is 12.1 Å². The Morgan fingerprint density at radius 2 is 1.73 bits per heavy atom. The van der Waals surface area contributed by atoms with E-state index < -0.39 is 33.4 Å². The molecular formula is C12H23N3O6S. The van der Waals surface area contributed by atoms with Crippen LogP contribution in [0.15, 0.2) is 0 Å². The lowest BCUT2D eigenvalue weighted by Gasteiger charge is -2.39. The first kappa shape index (κ1) is 18.7. The van der Waals surface area contributed by atoms with E-state index in [1.54, 1.807) is 20.8 Å². The van der Waals surface area contributed by atoms with Crippen LogP contribution in [0.4, 0.5) is 4.79 Å². The molecule has 0 aliphatic carbocycles. The molecule has 0 aromatic rings. The van der Waals surface area contributed by atoms with E-state index in [0.29, 0.717) is 0 Å². The lowest BCUT2D eigenvalue weighted by molar-refractivity contribution is -0.149. The molecule has 9 nitrogen and oxygen atoms in total. The van der Waals surface area contributed by atoms with Crippen molar-refractivity contribution in [3.05, 3.63) is 0 Å². The Hall–Kier alpha value is -1.39. The molecule has 0 unspecified atom stereocenters. The number of hydrogen-bond donors (Lipinski definition) is 2. The number of nitrogens with zero attached hydrogens (tertiary/aromatic N) is 1. The van der Waals surface area contributed by atoms with Crippen LogP contribution in [-0.2, 0) is 24.5 Å². The van der Waals surface area contributed by atoms with E-state index in [2.05, 4.69) is 9.46 Å². The molecule has 0 aromatic heterocycles. The molecule has 0 radical (unpaired) electrons. The van der Waals surface area contributed by atoms with Gasteiger partial charge in [0.05, 0.1) is 7.11 Å². The predicted octanol–water partition coefficient (Wildman–Crippen LogP) is -0.278. The van der Waals surface area contributed by atoms with Crippen LogP contribution in [0.1, 0.15) is 33.6 Å². The molecule has 1 amide bonds. The number of nitrogens with one attached hydrogen (secondary N) is 1. The van der Waals surface area contributed by atoms with Gasteiger partial charge in [0.15, 0.2) is 0 Å². The number of carbonyl (C=O) groups is 2.